The number of nitrogens with one attached hydrogen (secondary N) is 1. The van der Waals surface area contributed by atoms with Crippen molar-refractivity contribution in [2.45, 2.75) is 59.6 Å². The average Bonchev–Trinajstić information content (AvgIpc) is 2.11. The minimum absolute atomic E-state index is 0.391. The third-order valence-electron chi connectivity index (χ3n) is 2.37. The average molecular weight is 201 g/mol. The molecule has 0 radical (unpaired) electrons. The Kier molecular flexibility index (Phi) is 8.20. The van der Waals surface area contributed by atoms with Gasteiger partial charge in [0.05, 0.1) is 12.7 Å². The van der Waals surface area contributed by atoms with E-state index in [-0.39, 0.29) is 0 Å². The largest absolute Gasteiger partial charge is 0.377 e. The van der Waals surface area contributed by atoms with Gasteiger partial charge in [-0.05, 0) is 32.2 Å². The van der Waals surface area contributed by atoms with Gasteiger partial charge in [0, 0.05) is 6.04 Å². The Morgan fingerprint density at radius 3 is 2.21 bits per heavy atom. The summed E-state index contributed by atoms with van der Waals surface area (Å²) in [5.41, 5.74) is 0. The highest BCUT2D eigenvalue weighted by Gasteiger charge is 2.09. The third kappa shape index (κ3) is 7.34. The zero-order valence-corrected chi connectivity index (χ0v) is 10.5. The molecular formula is C12H27NO. The van der Waals surface area contributed by atoms with Crippen molar-refractivity contribution in [2.75, 3.05) is 13.2 Å². The summed E-state index contributed by atoms with van der Waals surface area (Å²) in [5.74, 6) is 0.726. The van der Waals surface area contributed by atoms with Crippen LogP contribution < -0.4 is 5.32 Å². The van der Waals surface area contributed by atoms with E-state index in [1.54, 1.807) is 0 Å². The maximum absolute atomic E-state index is 5.80. The molecule has 0 heterocycles. The van der Waals surface area contributed by atoms with Gasteiger partial charge < -0.3 is 10.1 Å². The summed E-state index contributed by atoms with van der Waals surface area (Å²) in [5, 5.41) is 3.42. The molecule has 2 unspecified atom stereocenters. The predicted octanol–water partition coefficient (Wildman–Crippen LogP) is 2.83. The molecule has 2 heteroatoms. The van der Waals surface area contributed by atoms with Gasteiger partial charge in [-0.15, -0.1) is 0 Å². The smallest absolute Gasteiger partial charge is 0.0623 e. The Morgan fingerprint density at radius 1 is 1.14 bits per heavy atom. The molecule has 2 nitrogen and oxygen atoms in total. The highest BCUT2D eigenvalue weighted by atomic mass is 16.5. The van der Waals surface area contributed by atoms with Gasteiger partial charge in [-0.3, -0.25) is 0 Å². The van der Waals surface area contributed by atoms with Crippen LogP contribution in [0.15, 0.2) is 0 Å². The molecule has 0 aromatic carbocycles. The van der Waals surface area contributed by atoms with Crippen LogP contribution in [-0.2, 0) is 4.74 Å². The zero-order valence-electron chi connectivity index (χ0n) is 10.5. The lowest BCUT2D eigenvalue weighted by Gasteiger charge is -2.20. The molecule has 0 aliphatic carbocycles. The van der Waals surface area contributed by atoms with Crippen LogP contribution in [0.1, 0.15) is 47.5 Å². The Labute approximate surface area is 89.4 Å². The Balaban J connectivity index is 3.56. The number of likely N-dealkylation sites (N-methyl/N-ethyl adjacent to an activating group) is 1. The summed E-state index contributed by atoms with van der Waals surface area (Å²) in [7, 11) is 0. The van der Waals surface area contributed by atoms with Gasteiger partial charge >= 0.3 is 0 Å². The number of ether oxygens (including phenoxy) is 1. The monoisotopic (exact) mass is 201 g/mol. The lowest BCUT2D eigenvalue weighted by atomic mass is 10.1. The molecule has 0 aromatic rings. The highest BCUT2D eigenvalue weighted by molar-refractivity contribution is 4.64. The molecule has 14 heavy (non-hydrogen) atoms. The second kappa shape index (κ2) is 8.25. The van der Waals surface area contributed by atoms with Crippen molar-refractivity contribution < 1.29 is 4.74 Å². The van der Waals surface area contributed by atoms with E-state index in [0.717, 1.165) is 31.9 Å². The Hall–Kier alpha value is -0.0800. The van der Waals surface area contributed by atoms with E-state index < -0.39 is 0 Å². The SMILES string of the molecule is CCNC(CC)COC(C)CC(C)C. The molecule has 0 aliphatic heterocycles. The Morgan fingerprint density at radius 2 is 1.79 bits per heavy atom. The molecule has 0 rings (SSSR count). The van der Waals surface area contributed by atoms with E-state index in [2.05, 4.69) is 39.9 Å². The summed E-state index contributed by atoms with van der Waals surface area (Å²) in [4.78, 5) is 0. The van der Waals surface area contributed by atoms with Crippen LogP contribution in [0.2, 0.25) is 0 Å². The summed E-state index contributed by atoms with van der Waals surface area (Å²) in [6, 6.07) is 0.523. The number of rotatable bonds is 8. The van der Waals surface area contributed by atoms with Crippen molar-refractivity contribution >= 4 is 0 Å². The van der Waals surface area contributed by atoms with Crippen molar-refractivity contribution in [1.82, 2.24) is 5.32 Å². The molecule has 0 aromatic heterocycles. The van der Waals surface area contributed by atoms with Crippen molar-refractivity contribution in [2.24, 2.45) is 5.92 Å². The fourth-order valence-electron chi connectivity index (χ4n) is 1.62. The summed E-state index contributed by atoms with van der Waals surface area (Å²) in [6.45, 7) is 12.9. The number of hydrogen-bond donors (Lipinski definition) is 1. The summed E-state index contributed by atoms with van der Waals surface area (Å²) in [6.07, 6.45) is 2.69. The standard InChI is InChI=1S/C12H27NO/c1-6-12(13-7-2)9-14-11(5)8-10(3)4/h10-13H,6-9H2,1-5H3. The van der Waals surface area contributed by atoms with E-state index in [1.807, 2.05) is 0 Å². The van der Waals surface area contributed by atoms with Gasteiger partial charge in [-0.1, -0.05) is 27.7 Å². The minimum Gasteiger partial charge on any atom is -0.377 e. The van der Waals surface area contributed by atoms with Gasteiger partial charge in [-0.25, -0.2) is 0 Å². The van der Waals surface area contributed by atoms with Gasteiger partial charge in [0.1, 0.15) is 0 Å². The quantitative estimate of drug-likeness (QED) is 0.652. The first-order valence-electron chi connectivity index (χ1n) is 5.95. The normalized spacial score (nSPS) is 15.9. The van der Waals surface area contributed by atoms with Gasteiger partial charge in [0.2, 0.25) is 0 Å². The van der Waals surface area contributed by atoms with Crippen LogP contribution in [0.5, 0.6) is 0 Å². The predicted molar refractivity (Wildman–Crippen MR) is 62.6 cm³/mol. The van der Waals surface area contributed by atoms with E-state index >= 15 is 0 Å². The van der Waals surface area contributed by atoms with Crippen LogP contribution in [-0.4, -0.2) is 25.3 Å². The molecule has 0 spiro atoms. The molecule has 0 aliphatic rings. The topological polar surface area (TPSA) is 21.3 Å². The lowest BCUT2D eigenvalue weighted by molar-refractivity contribution is 0.0370. The van der Waals surface area contributed by atoms with Gasteiger partial charge in [0.25, 0.3) is 0 Å². The Bertz CT molecular complexity index is 125. The van der Waals surface area contributed by atoms with Crippen molar-refractivity contribution in [3.05, 3.63) is 0 Å². The molecule has 0 saturated carbocycles. The third-order valence-corrected chi connectivity index (χ3v) is 2.37. The van der Waals surface area contributed by atoms with Gasteiger partial charge in [-0.2, -0.15) is 0 Å². The van der Waals surface area contributed by atoms with E-state index in [1.165, 1.54) is 0 Å². The molecule has 0 saturated heterocycles. The van der Waals surface area contributed by atoms with Crippen LogP contribution in [0.25, 0.3) is 0 Å². The molecule has 1 N–H and O–H groups in total. The zero-order chi connectivity index (χ0) is 11.0. The molecule has 0 fully saturated rings. The fourth-order valence-corrected chi connectivity index (χ4v) is 1.62. The number of hydrogen-bond acceptors (Lipinski definition) is 2. The molecule has 0 amide bonds. The molecular weight excluding hydrogens is 174 g/mol. The summed E-state index contributed by atoms with van der Waals surface area (Å²) < 4.78 is 5.80. The van der Waals surface area contributed by atoms with Crippen molar-refractivity contribution in [3.63, 3.8) is 0 Å². The van der Waals surface area contributed by atoms with Crippen LogP contribution in [0.4, 0.5) is 0 Å². The minimum atomic E-state index is 0.391. The second-order valence-corrected chi connectivity index (χ2v) is 4.44. The van der Waals surface area contributed by atoms with Crippen LogP contribution >= 0.6 is 0 Å². The van der Waals surface area contributed by atoms with Crippen molar-refractivity contribution in [1.29, 1.82) is 0 Å². The molecule has 0 bridgehead atoms. The van der Waals surface area contributed by atoms with Crippen LogP contribution in [0.3, 0.4) is 0 Å². The van der Waals surface area contributed by atoms with E-state index in [0.29, 0.717) is 12.1 Å². The van der Waals surface area contributed by atoms with Crippen LogP contribution in [0, 0.1) is 5.92 Å². The molecule has 2 atom stereocenters. The second-order valence-electron chi connectivity index (χ2n) is 4.44. The van der Waals surface area contributed by atoms with E-state index in [9.17, 15) is 0 Å². The van der Waals surface area contributed by atoms with E-state index in [4.69, 9.17) is 4.74 Å². The fraction of sp³-hybridized carbons (Fsp3) is 1.00. The highest BCUT2D eigenvalue weighted by Crippen LogP contribution is 2.08. The first-order valence-corrected chi connectivity index (χ1v) is 5.95. The summed E-state index contributed by atoms with van der Waals surface area (Å²) >= 11 is 0. The van der Waals surface area contributed by atoms with Crippen molar-refractivity contribution in [3.8, 4) is 0 Å². The first-order chi connectivity index (χ1) is 6.60. The first kappa shape index (κ1) is 13.9. The lowest BCUT2D eigenvalue weighted by Crippen LogP contribution is -2.34. The maximum Gasteiger partial charge on any atom is 0.0623 e. The van der Waals surface area contributed by atoms with Gasteiger partial charge in [0.15, 0.2) is 0 Å². The maximum atomic E-state index is 5.80. The molecule has 86 valence electrons.